The minimum absolute atomic E-state index is 0. The minimum Gasteiger partial charge on any atom is -0.507 e. The summed E-state index contributed by atoms with van der Waals surface area (Å²) in [5.74, 6) is -0.365. The van der Waals surface area contributed by atoms with E-state index in [-0.39, 0.29) is 46.7 Å². The number of aromatic nitrogens is 2. The molecule has 4 rings (SSSR count). The monoisotopic (exact) mass is 433 g/mol. The van der Waals surface area contributed by atoms with Crippen molar-refractivity contribution in [3.8, 4) is 11.5 Å². The van der Waals surface area contributed by atoms with E-state index >= 15 is 0 Å². The topological polar surface area (TPSA) is 149 Å². The highest BCUT2D eigenvalue weighted by Crippen LogP contribution is 2.41. The van der Waals surface area contributed by atoms with Crippen LogP contribution in [0.2, 0.25) is 0 Å². The van der Waals surface area contributed by atoms with Crippen molar-refractivity contribution in [2.24, 2.45) is 10.7 Å². The summed E-state index contributed by atoms with van der Waals surface area (Å²) in [6, 6.07) is 6.17. The number of aliphatic hydroxyl groups excluding tert-OH is 1. The zero-order valence-electron chi connectivity index (χ0n) is 16.2. The van der Waals surface area contributed by atoms with Crippen LogP contribution in [0, 0.1) is 0 Å². The number of fused-ring (bicyclic) bond motifs is 2. The van der Waals surface area contributed by atoms with E-state index in [1.54, 1.807) is 10.7 Å². The molecule has 0 amide bonds. The van der Waals surface area contributed by atoms with Gasteiger partial charge in [0.15, 0.2) is 5.43 Å². The van der Waals surface area contributed by atoms with Crippen molar-refractivity contribution in [2.45, 2.75) is 6.54 Å². The summed E-state index contributed by atoms with van der Waals surface area (Å²) in [6.07, 6.45) is 0. The van der Waals surface area contributed by atoms with E-state index < -0.39 is 0 Å². The Bertz CT molecular complexity index is 1310. The van der Waals surface area contributed by atoms with Crippen LogP contribution in [0.5, 0.6) is 11.5 Å². The van der Waals surface area contributed by atoms with Crippen molar-refractivity contribution >= 4 is 45.0 Å². The predicted molar refractivity (Wildman–Crippen MR) is 119 cm³/mol. The molecule has 0 aliphatic carbocycles. The summed E-state index contributed by atoms with van der Waals surface area (Å²) in [5, 5.41) is 39.1. The Balaban J connectivity index is 0.00000256. The standard InChI is InChI=1S/C20H23N5O4.ClH/c21-5-6-22-7-8-23-11-1-2-12-16-15(11)20(29)18-14(28)4-3-13(27)17(18)19(16)24-25(12)9-10-26;/h1-4,22,24,26,28-29H,5-10,21H2;1H. The fraction of sp³-hybridized carbons (Fsp3) is 0.300. The van der Waals surface area contributed by atoms with Crippen molar-refractivity contribution in [2.75, 3.05) is 32.8 Å². The molecule has 0 radical (unpaired) electrons. The lowest BCUT2D eigenvalue weighted by Gasteiger charge is -2.08. The average molecular weight is 434 g/mol. The second-order valence-corrected chi connectivity index (χ2v) is 6.82. The van der Waals surface area contributed by atoms with Gasteiger partial charge in [-0.05, 0) is 24.3 Å². The zero-order chi connectivity index (χ0) is 20.5. The molecule has 4 aromatic rings. The highest BCUT2D eigenvalue weighted by Gasteiger charge is 2.21. The number of hydrogen-bond acceptors (Lipinski definition) is 7. The molecule has 3 aromatic carbocycles. The maximum Gasteiger partial charge on any atom is 0.189 e. The van der Waals surface area contributed by atoms with Crippen molar-refractivity contribution in [1.82, 2.24) is 15.1 Å². The van der Waals surface area contributed by atoms with E-state index in [1.807, 2.05) is 6.07 Å². The quantitative estimate of drug-likeness (QED) is 0.183. The summed E-state index contributed by atoms with van der Waals surface area (Å²) in [6.45, 7) is 2.53. The fourth-order valence-corrected chi connectivity index (χ4v) is 3.81. The maximum absolute atomic E-state index is 12.6. The van der Waals surface area contributed by atoms with Gasteiger partial charge >= 0.3 is 0 Å². The Kier molecular flexibility index (Phi) is 6.47. The lowest BCUT2D eigenvalue weighted by molar-refractivity contribution is 0.272. The molecule has 0 saturated carbocycles. The Labute approximate surface area is 177 Å². The summed E-state index contributed by atoms with van der Waals surface area (Å²) in [7, 11) is 0. The smallest absolute Gasteiger partial charge is 0.189 e. The molecule has 9 nitrogen and oxygen atoms in total. The molecule has 0 unspecified atom stereocenters. The molecule has 0 saturated heterocycles. The van der Waals surface area contributed by atoms with Gasteiger partial charge in [-0.1, -0.05) is 0 Å². The van der Waals surface area contributed by atoms with E-state index in [9.17, 15) is 20.1 Å². The van der Waals surface area contributed by atoms with Crippen LogP contribution in [-0.2, 0) is 6.54 Å². The number of benzene rings is 3. The van der Waals surface area contributed by atoms with Crippen LogP contribution in [0.3, 0.4) is 0 Å². The van der Waals surface area contributed by atoms with E-state index in [4.69, 9.17) is 5.73 Å². The summed E-state index contributed by atoms with van der Waals surface area (Å²) >= 11 is 0. The summed E-state index contributed by atoms with van der Waals surface area (Å²) in [4.78, 5) is 17.2. The molecule has 160 valence electrons. The van der Waals surface area contributed by atoms with Crippen molar-refractivity contribution in [3.05, 3.63) is 39.8 Å². The SMILES string of the molecule is Cl.NCCNCCN=c1ccc2c3c1c(O)c1c(O)ccc(=O)c1c3[nH]n2CCO. The largest absolute Gasteiger partial charge is 0.507 e. The second kappa shape index (κ2) is 8.88. The van der Waals surface area contributed by atoms with Gasteiger partial charge in [-0.15, -0.1) is 12.4 Å². The number of rotatable bonds is 7. The molecule has 1 heterocycles. The number of aromatic amines is 1. The first kappa shape index (κ1) is 21.8. The highest BCUT2D eigenvalue weighted by atomic mass is 35.5. The number of nitrogens with zero attached hydrogens (tertiary/aromatic N) is 2. The molecular formula is C20H24ClN5O4. The number of H-pyrrole nitrogens is 1. The Hall–Kier alpha value is -2.85. The van der Waals surface area contributed by atoms with Gasteiger partial charge in [-0.3, -0.25) is 19.6 Å². The molecule has 30 heavy (non-hydrogen) atoms. The first-order valence-electron chi connectivity index (χ1n) is 9.46. The molecule has 0 aliphatic heterocycles. The van der Waals surface area contributed by atoms with Gasteiger partial charge in [0, 0.05) is 25.0 Å². The van der Waals surface area contributed by atoms with Crippen molar-refractivity contribution < 1.29 is 15.3 Å². The summed E-state index contributed by atoms with van der Waals surface area (Å²) in [5.41, 5.74) is 6.37. The van der Waals surface area contributed by atoms with Crippen LogP contribution >= 0.6 is 12.4 Å². The number of nitrogens with one attached hydrogen (secondary N) is 2. The Morgan fingerprint density at radius 1 is 1.07 bits per heavy atom. The van der Waals surface area contributed by atoms with E-state index in [1.165, 1.54) is 12.1 Å². The number of halogens is 1. The molecule has 1 aromatic heterocycles. The number of phenolic OH excluding ortho intramolecular Hbond substituents is 2. The van der Waals surface area contributed by atoms with Crippen molar-refractivity contribution in [1.29, 1.82) is 0 Å². The Morgan fingerprint density at radius 3 is 2.60 bits per heavy atom. The number of aliphatic hydroxyl groups is 1. The van der Waals surface area contributed by atoms with Gasteiger partial charge in [0.1, 0.15) is 11.5 Å². The predicted octanol–water partition coefficient (Wildman–Crippen LogP) is 0.348. The second-order valence-electron chi connectivity index (χ2n) is 6.82. The van der Waals surface area contributed by atoms with Crippen LogP contribution in [0.4, 0.5) is 0 Å². The van der Waals surface area contributed by atoms with Gasteiger partial charge in [0.05, 0.1) is 52.2 Å². The Morgan fingerprint density at radius 2 is 1.87 bits per heavy atom. The van der Waals surface area contributed by atoms with Crippen LogP contribution in [0.1, 0.15) is 0 Å². The first-order valence-corrected chi connectivity index (χ1v) is 9.46. The third-order valence-electron chi connectivity index (χ3n) is 5.03. The number of nitrogens with two attached hydrogens (primary N) is 1. The normalized spacial score (nSPS) is 12.3. The van der Waals surface area contributed by atoms with Crippen molar-refractivity contribution in [3.63, 3.8) is 0 Å². The van der Waals surface area contributed by atoms with Gasteiger partial charge in [0.2, 0.25) is 0 Å². The lowest BCUT2D eigenvalue weighted by Crippen LogP contribution is -2.25. The fourth-order valence-electron chi connectivity index (χ4n) is 3.81. The number of hydrogen-bond donors (Lipinski definition) is 6. The van der Waals surface area contributed by atoms with Gasteiger partial charge < -0.3 is 26.4 Å². The third kappa shape index (κ3) is 3.46. The third-order valence-corrected chi connectivity index (χ3v) is 5.03. The molecule has 10 heteroatoms. The van der Waals surface area contributed by atoms with Gasteiger partial charge in [0.25, 0.3) is 0 Å². The molecule has 0 aliphatic rings. The van der Waals surface area contributed by atoms with Gasteiger partial charge in [-0.2, -0.15) is 0 Å². The van der Waals surface area contributed by atoms with E-state index in [0.29, 0.717) is 54.4 Å². The highest BCUT2D eigenvalue weighted by molar-refractivity contribution is 6.23. The zero-order valence-corrected chi connectivity index (χ0v) is 17.0. The van der Waals surface area contributed by atoms with E-state index in [0.717, 1.165) is 5.52 Å². The maximum atomic E-state index is 12.6. The number of phenols is 2. The van der Waals surface area contributed by atoms with Crippen LogP contribution in [0.25, 0.3) is 32.6 Å². The van der Waals surface area contributed by atoms with E-state index in [2.05, 4.69) is 15.4 Å². The van der Waals surface area contributed by atoms with Gasteiger partial charge in [-0.25, -0.2) is 0 Å². The number of aromatic hydroxyl groups is 2. The average Bonchev–Trinajstić information content (AvgIpc) is 3.07. The molecule has 0 spiro atoms. The van der Waals surface area contributed by atoms with Crippen LogP contribution < -0.4 is 21.8 Å². The summed E-state index contributed by atoms with van der Waals surface area (Å²) < 4.78 is 1.71. The first-order chi connectivity index (χ1) is 14.1. The molecule has 7 N–H and O–H groups in total. The lowest BCUT2D eigenvalue weighted by atomic mass is 9.99. The minimum atomic E-state index is -0.317. The van der Waals surface area contributed by atoms with Crippen LogP contribution in [0.15, 0.2) is 34.1 Å². The molecular weight excluding hydrogens is 410 g/mol. The molecule has 0 bridgehead atoms. The van der Waals surface area contributed by atoms with Crippen LogP contribution in [-0.4, -0.2) is 57.9 Å². The molecule has 0 fully saturated rings. The molecule has 0 atom stereocenters.